The quantitative estimate of drug-likeness (QED) is 0.872. The van der Waals surface area contributed by atoms with E-state index in [0.29, 0.717) is 17.7 Å². The van der Waals surface area contributed by atoms with E-state index in [9.17, 15) is 14.0 Å². The number of carbonyl (C=O) groups is 1. The Hall–Kier alpha value is -1.69. The number of rotatable bonds is 6. The molecule has 0 aromatic carbocycles. The van der Waals surface area contributed by atoms with Crippen molar-refractivity contribution in [3.63, 3.8) is 0 Å². The highest BCUT2D eigenvalue weighted by molar-refractivity contribution is 5.80. The first-order valence-electron chi connectivity index (χ1n) is 7.22. The van der Waals surface area contributed by atoms with Gasteiger partial charge in [-0.3, -0.25) is 4.79 Å². The first-order chi connectivity index (χ1) is 10.0. The molecule has 1 aromatic rings. The van der Waals surface area contributed by atoms with Gasteiger partial charge in [-0.25, -0.2) is 9.18 Å². The largest absolute Gasteiger partial charge is 0.427 e. The molecule has 1 aliphatic heterocycles. The van der Waals surface area contributed by atoms with E-state index in [1.807, 2.05) is 0 Å². The second-order valence-corrected chi connectivity index (χ2v) is 5.27. The Kier molecular flexibility index (Phi) is 5.12. The number of unbranched alkanes of at least 4 members (excludes halogenated alkanes) is 1. The highest BCUT2D eigenvalue weighted by atomic mass is 19.1. The number of amides is 1. The maximum atomic E-state index is 13.0. The molecule has 0 saturated heterocycles. The topological polar surface area (TPSA) is 68.5 Å². The van der Waals surface area contributed by atoms with Gasteiger partial charge in [0.2, 0.25) is 5.91 Å². The Morgan fingerprint density at radius 1 is 1.52 bits per heavy atom. The lowest BCUT2D eigenvalue weighted by Crippen LogP contribution is -2.39. The van der Waals surface area contributed by atoms with Crippen LogP contribution in [0.5, 0.6) is 0 Å². The monoisotopic (exact) mass is 297 g/mol. The van der Waals surface area contributed by atoms with Gasteiger partial charge in [0.05, 0.1) is 13.0 Å². The summed E-state index contributed by atoms with van der Waals surface area (Å²) in [5.74, 6) is 0.0312. The molecule has 0 spiro atoms. The van der Waals surface area contributed by atoms with Crippen LogP contribution in [0, 0.1) is 0 Å². The molecule has 21 heavy (non-hydrogen) atoms. The highest BCUT2D eigenvalue weighted by Gasteiger charge is 2.30. The molecule has 116 valence electrons. The second kappa shape index (κ2) is 6.85. The van der Waals surface area contributed by atoms with Crippen LogP contribution >= 0.6 is 0 Å². The van der Waals surface area contributed by atoms with Crippen LogP contribution in [0.2, 0.25) is 0 Å². The van der Waals surface area contributed by atoms with Crippen molar-refractivity contribution in [3.8, 4) is 0 Å². The molecule has 1 N–H and O–H groups in total. The fourth-order valence-electron chi connectivity index (χ4n) is 2.39. The summed E-state index contributed by atoms with van der Waals surface area (Å²) in [6.07, 6.45) is 0.712. The van der Waals surface area contributed by atoms with Crippen molar-refractivity contribution in [1.29, 1.82) is 0 Å². The molecule has 2 heterocycles. The summed E-state index contributed by atoms with van der Waals surface area (Å²) in [4.78, 5) is 23.3. The third-order valence-corrected chi connectivity index (χ3v) is 3.33. The second-order valence-electron chi connectivity index (χ2n) is 5.27. The summed E-state index contributed by atoms with van der Waals surface area (Å²) in [7, 11) is 0. The van der Waals surface area contributed by atoms with Crippen LogP contribution in [0.15, 0.2) is 15.3 Å². The van der Waals surface area contributed by atoms with Crippen LogP contribution in [-0.2, 0) is 22.4 Å². The molecule has 0 radical (unpaired) electrons. The van der Waals surface area contributed by atoms with Crippen LogP contribution in [0.4, 0.5) is 4.39 Å². The highest BCUT2D eigenvalue weighted by Crippen LogP contribution is 2.28. The van der Waals surface area contributed by atoms with Gasteiger partial charge >= 0.3 is 5.63 Å². The number of ether oxygens (including phenoxy) is 1. The summed E-state index contributed by atoms with van der Waals surface area (Å²) in [6, 6.07) is 1.43. The number of carbonyl (C=O) groups excluding carboxylic acids is 1. The molecule has 0 aliphatic carbocycles. The summed E-state index contributed by atoms with van der Waals surface area (Å²) in [5.41, 5.74) is 1.01. The number of hydrogen-bond donors (Lipinski definition) is 1. The zero-order valence-corrected chi connectivity index (χ0v) is 12.3. The Balaban J connectivity index is 2.36. The van der Waals surface area contributed by atoms with E-state index < -0.39 is 18.0 Å². The SMILES string of the molecule is CCCCc1cc(=O)oc2c1C(OCC(C)F)NC(=O)C2. The zero-order valence-electron chi connectivity index (χ0n) is 12.3. The lowest BCUT2D eigenvalue weighted by Gasteiger charge is -2.27. The van der Waals surface area contributed by atoms with Gasteiger partial charge in [-0.05, 0) is 25.3 Å². The molecule has 0 saturated carbocycles. The Morgan fingerprint density at radius 2 is 2.29 bits per heavy atom. The lowest BCUT2D eigenvalue weighted by molar-refractivity contribution is -0.127. The van der Waals surface area contributed by atoms with Crippen molar-refractivity contribution in [2.45, 2.75) is 51.9 Å². The summed E-state index contributed by atoms with van der Waals surface area (Å²) in [5, 5.41) is 2.67. The molecule has 0 bridgehead atoms. The molecule has 5 nitrogen and oxygen atoms in total. The average Bonchev–Trinajstić information content (AvgIpc) is 2.41. The number of halogens is 1. The number of hydrogen-bond acceptors (Lipinski definition) is 4. The van der Waals surface area contributed by atoms with E-state index in [1.165, 1.54) is 13.0 Å². The number of aryl methyl sites for hydroxylation is 1. The number of fused-ring (bicyclic) bond motifs is 1. The predicted octanol–water partition coefficient (Wildman–Crippen LogP) is 2.03. The number of alkyl halides is 1. The predicted molar refractivity (Wildman–Crippen MR) is 74.7 cm³/mol. The van der Waals surface area contributed by atoms with Crippen LogP contribution in [0.25, 0.3) is 0 Å². The smallest absolute Gasteiger partial charge is 0.336 e. The molecular weight excluding hydrogens is 277 g/mol. The summed E-state index contributed by atoms with van der Waals surface area (Å²) >= 11 is 0. The third kappa shape index (κ3) is 3.91. The van der Waals surface area contributed by atoms with Gasteiger partial charge in [-0.15, -0.1) is 0 Å². The van der Waals surface area contributed by atoms with E-state index in [1.54, 1.807) is 0 Å². The van der Waals surface area contributed by atoms with Gasteiger partial charge in [-0.1, -0.05) is 13.3 Å². The summed E-state index contributed by atoms with van der Waals surface area (Å²) < 4.78 is 23.6. The zero-order chi connectivity index (χ0) is 15.4. The van der Waals surface area contributed by atoms with E-state index in [-0.39, 0.29) is 18.9 Å². The van der Waals surface area contributed by atoms with Gasteiger partial charge in [0.25, 0.3) is 0 Å². The Bertz CT molecular complexity index is 567. The molecule has 6 heteroatoms. The van der Waals surface area contributed by atoms with Crippen molar-refractivity contribution >= 4 is 5.91 Å². The lowest BCUT2D eigenvalue weighted by atomic mass is 9.97. The first kappa shape index (κ1) is 15.7. The van der Waals surface area contributed by atoms with Crippen molar-refractivity contribution < 1.29 is 18.3 Å². The molecule has 1 aromatic heterocycles. The Labute approximate surface area is 122 Å². The van der Waals surface area contributed by atoms with Crippen molar-refractivity contribution in [3.05, 3.63) is 33.4 Å². The van der Waals surface area contributed by atoms with E-state index >= 15 is 0 Å². The average molecular weight is 297 g/mol. The minimum atomic E-state index is -1.14. The molecule has 2 rings (SSSR count). The minimum Gasteiger partial charge on any atom is -0.427 e. The van der Waals surface area contributed by atoms with Crippen LogP contribution in [0.1, 0.15) is 49.8 Å². The standard InChI is InChI=1S/C15H20FNO4/c1-3-4-5-10-6-13(19)21-11-7-12(18)17-15(14(10)11)20-8-9(2)16/h6,9,15H,3-5,7-8H2,1-2H3,(H,17,18). The molecule has 1 aliphatic rings. The third-order valence-electron chi connectivity index (χ3n) is 3.33. The molecular formula is C15H20FNO4. The van der Waals surface area contributed by atoms with Crippen LogP contribution in [0.3, 0.4) is 0 Å². The van der Waals surface area contributed by atoms with E-state index in [2.05, 4.69) is 12.2 Å². The molecule has 2 unspecified atom stereocenters. The molecule has 2 atom stereocenters. The fourth-order valence-corrected chi connectivity index (χ4v) is 2.39. The van der Waals surface area contributed by atoms with Crippen molar-refractivity contribution in [1.82, 2.24) is 5.32 Å². The number of nitrogens with one attached hydrogen (secondary N) is 1. The van der Waals surface area contributed by atoms with E-state index in [4.69, 9.17) is 9.15 Å². The van der Waals surface area contributed by atoms with Crippen molar-refractivity contribution in [2.24, 2.45) is 0 Å². The normalized spacial score (nSPS) is 19.0. The van der Waals surface area contributed by atoms with Gasteiger partial charge in [-0.2, -0.15) is 0 Å². The maximum absolute atomic E-state index is 13.0. The van der Waals surface area contributed by atoms with Crippen LogP contribution in [-0.4, -0.2) is 18.7 Å². The molecule has 1 amide bonds. The van der Waals surface area contributed by atoms with Crippen molar-refractivity contribution in [2.75, 3.05) is 6.61 Å². The summed E-state index contributed by atoms with van der Waals surface area (Å²) in [6.45, 7) is 3.31. The molecule has 0 fully saturated rings. The van der Waals surface area contributed by atoms with Crippen LogP contribution < -0.4 is 10.9 Å². The van der Waals surface area contributed by atoms with E-state index in [0.717, 1.165) is 18.4 Å². The van der Waals surface area contributed by atoms with Gasteiger partial charge in [0.1, 0.15) is 11.9 Å². The van der Waals surface area contributed by atoms with Gasteiger partial charge < -0.3 is 14.5 Å². The Morgan fingerprint density at radius 3 is 2.95 bits per heavy atom. The maximum Gasteiger partial charge on any atom is 0.336 e. The first-order valence-corrected chi connectivity index (χ1v) is 7.22. The van der Waals surface area contributed by atoms with Gasteiger partial charge in [0.15, 0.2) is 6.23 Å². The minimum absolute atomic E-state index is 0.00950. The van der Waals surface area contributed by atoms with Gasteiger partial charge in [0, 0.05) is 11.6 Å². The fraction of sp³-hybridized carbons (Fsp3) is 0.600.